The van der Waals surface area contributed by atoms with Crippen LogP contribution in [0.5, 0.6) is 0 Å². The van der Waals surface area contributed by atoms with Crippen LogP contribution in [0.4, 0.5) is 0 Å². The van der Waals surface area contributed by atoms with E-state index in [-0.39, 0.29) is 12.2 Å². The largest absolute Gasteiger partial charge is 0.467 e. The zero-order valence-electron chi connectivity index (χ0n) is 13.2. The maximum absolute atomic E-state index is 12.6. The Labute approximate surface area is 134 Å². The lowest BCUT2D eigenvalue weighted by Gasteiger charge is -2.27. The number of fused-ring (bicyclic) bond motifs is 1. The normalized spacial score (nSPS) is 23.4. The predicted molar refractivity (Wildman–Crippen MR) is 81.8 cm³/mol. The van der Waals surface area contributed by atoms with Crippen molar-refractivity contribution in [1.29, 1.82) is 0 Å². The van der Waals surface area contributed by atoms with Crippen LogP contribution in [0, 0.1) is 0 Å². The van der Waals surface area contributed by atoms with Gasteiger partial charge in [0, 0.05) is 12.1 Å². The van der Waals surface area contributed by atoms with Gasteiger partial charge in [-0.3, -0.25) is 0 Å². The van der Waals surface area contributed by atoms with Gasteiger partial charge in [0.2, 0.25) is 0 Å². The average molecular weight is 317 g/mol. The Morgan fingerprint density at radius 2 is 2.04 bits per heavy atom. The molecule has 0 amide bonds. The summed E-state index contributed by atoms with van der Waals surface area (Å²) >= 11 is 0. The van der Waals surface area contributed by atoms with Crippen LogP contribution in [0.3, 0.4) is 0 Å². The van der Waals surface area contributed by atoms with Crippen LogP contribution in [0.2, 0.25) is 0 Å². The number of carbonyl (C=O) groups is 2. The number of hydroxylamine groups is 2. The first kappa shape index (κ1) is 15.6. The molecule has 1 unspecified atom stereocenters. The highest BCUT2D eigenvalue weighted by atomic mass is 16.7. The number of benzene rings is 1. The molecule has 6 heteroatoms. The van der Waals surface area contributed by atoms with Gasteiger partial charge in [0.25, 0.3) is 0 Å². The van der Waals surface area contributed by atoms with Crippen molar-refractivity contribution < 1.29 is 23.9 Å². The first-order chi connectivity index (χ1) is 11.1. The van der Waals surface area contributed by atoms with Crippen molar-refractivity contribution in [2.45, 2.75) is 25.3 Å². The average Bonchev–Trinajstić information content (AvgIpc) is 3.11. The second kappa shape index (κ2) is 6.04. The van der Waals surface area contributed by atoms with Crippen LogP contribution in [0.15, 0.2) is 35.9 Å². The second-order valence-corrected chi connectivity index (χ2v) is 5.44. The van der Waals surface area contributed by atoms with Gasteiger partial charge in [0.1, 0.15) is 5.57 Å². The molecule has 0 radical (unpaired) electrons. The first-order valence-electron chi connectivity index (χ1n) is 7.66. The van der Waals surface area contributed by atoms with Gasteiger partial charge in [0.15, 0.2) is 11.3 Å². The summed E-state index contributed by atoms with van der Waals surface area (Å²) in [4.78, 5) is 31.0. The van der Waals surface area contributed by atoms with Crippen molar-refractivity contribution in [2.75, 3.05) is 20.3 Å². The Morgan fingerprint density at radius 1 is 1.30 bits per heavy atom. The molecule has 122 valence electrons. The third-order valence-electron chi connectivity index (χ3n) is 4.21. The lowest BCUT2D eigenvalue weighted by atomic mass is 9.86. The molecule has 0 bridgehead atoms. The molecule has 2 aliphatic heterocycles. The molecule has 6 nitrogen and oxygen atoms in total. The summed E-state index contributed by atoms with van der Waals surface area (Å²) in [6.07, 6.45) is 1.20. The van der Waals surface area contributed by atoms with Gasteiger partial charge >= 0.3 is 11.9 Å². The lowest BCUT2D eigenvalue weighted by Crippen LogP contribution is -2.50. The maximum Gasteiger partial charge on any atom is 0.340 e. The summed E-state index contributed by atoms with van der Waals surface area (Å²) in [6.45, 7) is 2.50. The molecule has 0 saturated carbocycles. The Bertz CT molecular complexity index is 654. The van der Waals surface area contributed by atoms with E-state index in [2.05, 4.69) is 0 Å². The molecule has 1 saturated heterocycles. The van der Waals surface area contributed by atoms with Crippen molar-refractivity contribution in [1.82, 2.24) is 5.06 Å². The number of ether oxygens (including phenoxy) is 2. The highest BCUT2D eigenvalue weighted by Crippen LogP contribution is 2.47. The Kier molecular flexibility index (Phi) is 4.09. The van der Waals surface area contributed by atoms with Crippen LogP contribution < -0.4 is 0 Å². The molecular formula is C17H19NO5. The summed E-state index contributed by atoms with van der Waals surface area (Å²) in [6, 6.07) is 9.25. The first-order valence-corrected chi connectivity index (χ1v) is 7.66. The number of methoxy groups -OCH3 is 1. The molecule has 0 spiro atoms. The topological polar surface area (TPSA) is 65.1 Å². The molecule has 0 N–H and O–H groups in total. The number of carbonyl (C=O) groups excluding carboxylic acids is 2. The Morgan fingerprint density at radius 3 is 2.70 bits per heavy atom. The molecule has 2 heterocycles. The fourth-order valence-corrected chi connectivity index (χ4v) is 3.24. The van der Waals surface area contributed by atoms with Gasteiger partial charge in [-0.15, -0.1) is 5.06 Å². The third kappa shape index (κ3) is 2.30. The van der Waals surface area contributed by atoms with Gasteiger partial charge in [0.05, 0.1) is 13.7 Å². The van der Waals surface area contributed by atoms with E-state index < -0.39 is 17.5 Å². The minimum atomic E-state index is -1.22. The van der Waals surface area contributed by atoms with Crippen LogP contribution in [0.25, 0.3) is 5.76 Å². The van der Waals surface area contributed by atoms with Gasteiger partial charge in [-0.05, 0) is 19.8 Å². The van der Waals surface area contributed by atoms with Gasteiger partial charge in [-0.25, -0.2) is 9.59 Å². The van der Waals surface area contributed by atoms with E-state index in [4.69, 9.17) is 14.3 Å². The van der Waals surface area contributed by atoms with Crippen LogP contribution in [-0.2, 0) is 23.9 Å². The fraction of sp³-hybridized carbons (Fsp3) is 0.412. The highest BCUT2D eigenvalue weighted by molar-refractivity contribution is 6.07. The molecule has 23 heavy (non-hydrogen) atoms. The molecule has 1 aromatic carbocycles. The van der Waals surface area contributed by atoms with Crippen molar-refractivity contribution in [3.05, 3.63) is 41.5 Å². The van der Waals surface area contributed by atoms with E-state index in [1.165, 1.54) is 7.11 Å². The zero-order valence-corrected chi connectivity index (χ0v) is 13.2. The number of rotatable bonds is 4. The van der Waals surface area contributed by atoms with Crippen molar-refractivity contribution in [3.63, 3.8) is 0 Å². The van der Waals surface area contributed by atoms with E-state index in [9.17, 15) is 9.59 Å². The molecule has 1 aromatic rings. The van der Waals surface area contributed by atoms with Crippen molar-refractivity contribution >= 4 is 17.7 Å². The van der Waals surface area contributed by atoms with Crippen LogP contribution >= 0.6 is 0 Å². The molecule has 3 rings (SSSR count). The van der Waals surface area contributed by atoms with Crippen molar-refractivity contribution in [2.24, 2.45) is 0 Å². The smallest absolute Gasteiger partial charge is 0.340 e. The molecule has 2 aliphatic rings. The lowest BCUT2D eigenvalue weighted by molar-refractivity contribution is -0.172. The highest BCUT2D eigenvalue weighted by Gasteiger charge is 2.61. The molecular weight excluding hydrogens is 298 g/mol. The van der Waals surface area contributed by atoms with E-state index in [1.807, 2.05) is 30.3 Å². The third-order valence-corrected chi connectivity index (χ3v) is 4.21. The summed E-state index contributed by atoms with van der Waals surface area (Å²) in [5, 5.41) is 1.55. The maximum atomic E-state index is 12.6. The Balaban J connectivity index is 2.18. The van der Waals surface area contributed by atoms with Crippen LogP contribution in [0.1, 0.15) is 25.3 Å². The quantitative estimate of drug-likeness (QED) is 0.791. The molecule has 0 aromatic heterocycles. The van der Waals surface area contributed by atoms with Gasteiger partial charge in [-0.1, -0.05) is 30.3 Å². The molecule has 1 fully saturated rings. The summed E-state index contributed by atoms with van der Waals surface area (Å²) in [5.41, 5.74) is -0.255. The van der Waals surface area contributed by atoms with Gasteiger partial charge < -0.3 is 14.3 Å². The predicted octanol–water partition coefficient (Wildman–Crippen LogP) is 1.91. The number of nitrogens with zero attached hydrogens (tertiary/aromatic N) is 1. The number of hydrogen-bond donors (Lipinski definition) is 0. The van der Waals surface area contributed by atoms with E-state index >= 15 is 0 Å². The second-order valence-electron chi connectivity index (χ2n) is 5.44. The SMILES string of the molecule is CCOC(=O)C1=C(c2ccccc2)ON2CCCC12C(=O)OC. The monoisotopic (exact) mass is 317 g/mol. The zero-order chi connectivity index (χ0) is 16.4. The van der Waals surface area contributed by atoms with Crippen molar-refractivity contribution in [3.8, 4) is 0 Å². The van der Waals surface area contributed by atoms with Crippen LogP contribution in [-0.4, -0.2) is 42.8 Å². The van der Waals surface area contributed by atoms with E-state index in [0.29, 0.717) is 18.7 Å². The Hall–Kier alpha value is -2.34. The fourth-order valence-electron chi connectivity index (χ4n) is 3.24. The minimum absolute atomic E-state index is 0.224. The number of hydrogen-bond acceptors (Lipinski definition) is 6. The summed E-state index contributed by atoms with van der Waals surface area (Å²) < 4.78 is 10.2. The van der Waals surface area contributed by atoms with E-state index in [0.717, 1.165) is 12.0 Å². The molecule has 0 aliphatic carbocycles. The standard InChI is InChI=1S/C17H19NO5/c1-3-22-15(19)13-14(12-8-5-4-6-9-12)23-18-11-7-10-17(13,18)16(20)21-2/h4-6,8-9H,3,7,10-11H2,1-2H3. The molecule has 1 atom stereocenters. The minimum Gasteiger partial charge on any atom is -0.467 e. The summed E-state index contributed by atoms with van der Waals surface area (Å²) in [5.74, 6) is -0.667. The summed E-state index contributed by atoms with van der Waals surface area (Å²) in [7, 11) is 1.32. The number of esters is 2. The van der Waals surface area contributed by atoms with E-state index in [1.54, 1.807) is 12.0 Å². The van der Waals surface area contributed by atoms with Gasteiger partial charge in [-0.2, -0.15) is 0 Å².